The molecule has 0 saturated heterocycles. The summed E-state index contributed by atoms with van der Waals surface area (Å²) in [5, 5.41) is 7.24. The van der Waals surface area contributed by atoms with E-state index in [1.54, 1.807) is 23.7 Å². The molecule has 0 atom stereocenters. The van der Waals surface area contributed by atoms with Gasteiger partial charge in [-0.1, -0.05) is 0 Å². The maximum absolute atomic E-state index is 5.59. The van der Waals surface area contributed by atoms with E-state index in [1.807, 2.05) is 22.9 Å². The van der Waals surface area contributed by atoms with Crippen molar-refractivity contribution in [2.24, 2.45) is 0 Å². The van der Waals surface area contributed by atoms with Crippen LogP contribution in [-0.4, -0.2) is 4.98 Å². The largest absolute Gasteiger partial charge is 0.397 e. The molecule has 0 radical (unpaired) electrons. The second-order valence-electron chi connectivity index (χ2n) is 2.64. The molecule has 2 rings (SSSR count). The van der Waals surface area contributed by atoms with Crippen LogP contribution in [0.15, 0.2) is 35.3 Å². The first-order valence-corrected chi connectivity index (χ1v) is 4.78. The molecule has 66 valence electrons. The first kappa shape index (κ1) is 8.07. The van der Waals surface area contributed by atoms with E-state index in [-0.39, 0.29) is 0 Å². The average Bonchev–Trinajstić information content (AvgIpc) is 2.57. The number of aromatic nitrogens is 1. The second-order valence-corrected chi connectivity index (χ2v) is 3.42. The maximum atomic E-state index is 5.59. The van der Waals surface area contributed by atoms with Crippen LogP contribution in [0.5, 0.6) is 0 Å². The fourth-order valence-corrected chi connectivity index (χ4v) is 1.62. The van der Waals surface area contributed by atoms with Gasteiger partial charge in [-0.3, -0.25) is 4.98 Å². The van der Waals surface area contributed by atoms with Crippen LogP contribution in [0, 0.1) is 0 Å². The standard InChI is InChI=1S/C9H9N3S/c10-7-3-9(5-11-4-7)12-8-1-2-13-6-8/h1-6,12H,10H2. The molecule has 0 amide bonds. The first-order chi connectivity index (χ1) is 6.34. The monoisotopic (exact) mass is 191 g/mol. The zero-order chi connectivity index (χ0) is 9.10. The minimum atomic E-state index is 0.667. The van der Waals surface area contributed by atoms with Crippen molar-refractivity contribution in [3.05, 3.63) is 35.3 Å². The van der Waals surface area contributed by atoms with Crippen LogP contribution in [0.1, 0.15) is 0 Å². The smallest absolute Gasteiger partial charge is 0.0591 e. The molecule has 0 saturated carbocycles. The van der Waals surface area contributed by atoms with Crippen LogP contribution in [0.4, 0.5) is 17.1 Å². The highest BCUT2D eigenvalue weighted by Gasteiger charge is 1.94. The molecular weight excluding hydrogens is 182 g/mol. The number of hydrogen-bond donors (Lipinski definition) is 2. The van der Waals surface area contributed by atoms with Gasteiger partial charge in [-0.15, -0.1) is 0 Å². The Bertz CT molecular complexity index is 384. The van der Waals surface area contributed by atoms with E-state index in [0.717, 1.165) is 11.4 Å². The van der Waals surface area contributed by atoms with E-state index in [2.05, 4.69) is 10.3 Å². The van der Waals surface area contributed by atoms with Crippen molar-refractivity contribution < 1.29 is 0 Å². The zero-order valence-electron chi connectivity index (χ0n) is 6.90. The van der Waals surface area contributed by atoms with Crippen molar-refractivity contribution >= 4 is 28.4 Å². The number of nitrogens with two attached hydrogens (primary N) is 1. The third-order valence-corrected chi connectivity index (χ3v) is 2.25. The van der Waals surface area contributed by atoms with Gasteiger partial charge in [0.1, 0.15) is 0 Å². The van der Waals surface area contributed by atoms with E-state index >= 15 is 0 Å². The molecule has 3 N–H and O–H groups in total. The topological polar surface area (TPSA) is 50.9 Å². The van der Waals surface area contributed by atoms with Gasteiger partial charge in [0.05, 0.1) is 17.6 Å². The Hall–Kier alpha value is -1.55. The summed E-state index contributed by atoms with van der Waals surface area (Å²) in [6.07, 6.45) is 3.37. The fraction of sp³-hybridized carbons (Fsp3) is 0. The molecule has 4 heteroatoms. The minimum Gasteiger partial charge on any atom is -0.397 e. The predicted octanol–water partition coefficient (Wildman–Crippen LogP) is 2.47. The second kappa shape index (κ2) is 3.45. The van der Waals surface area contributed by atoms with Gasteiger partial charge in [-0.25, -0.2) is 0 Å². The number of hydrogen-bond acceptors (Lipinski definition) is 4. The molecule has 0 aliphatic rings. The molecule has 13 heavy (non-hydrogen) atoms. The number of anilines is 3. The third-order valence-electron chi connectivity index (χ3n) is 1.57. The van der Waals surface area contributed by atoms with Crippen molar-refractivity contribution in [3.63, 3.8) is 0 Å². The van der Waals surface area contributed by atoms with Gasteiger partial charge < -0.3 is 11.1 Å². The van der Waals surface area contributed by atoms with E-state index in [4.69, 9.17) is 5.73 Å². The molecule has 0 unspecified atom stereocenters. The molecule has 0 aromatic carbocycles. The lowest BCUT2D eigenvalue weighted by Crippen LogP contribution is -1.91. The van der Waals surface area contributed by atoms with Crippen LogP contribution in [0.2, 0.25) is 0 Å². The Labute approximate surface area is 80.2 Å². The lowest BCUT2D eigenvalue weighted by Gasteiger charge is -2.02. The quantitative estimate of drug-likeness (QED) is 0.766. The summed E-state index contributed by atoms with van der Waals surface area (Å²) in [6.45, 7) is 0. The van der Waals surface area contributed by atoms with E-state index in [9.17, 15) is 0 Å². The molecular formula is C9H9N3S. The third kappa shape index (κ3) is 1.97. The number of thiophene rings is 1. The highest BCUT2D eigenvalue weighted by atomic mass is 32.1. The normalized spacial score (nSPS) is 9.85. The van der Waals surface area contributed by atoms with Crippen molar-refractivity contribution in [1.82, 2.24) is 4.98 Å². The van der Waals surface area contributed by atoms with Crippen LogP contribution in [-0.2, 0) is 0 Å². The molecule has 2 aromatic heterocycles. The van der Waals surface area contributed by atoms with Crippen molar-refractivity contribution in [2.45, 2.75) is 0 Å². The average molecular weight is 191 g/mol. The minimum absolute atomic E-state index is 0.667. The van der Waals surface area contributed by atoms with Gasteiger partial charge in [-0.05, 0) is 17.5 Å². The summed E-state index contributed by atoms with van der Waals surface area (Å²) in [7, 11) is 0. The molecule has 0 spiro atoms. The lowest BCUT2D eigenvalue weighted by molar-refractivity contribution is 1.33. The zero-order valence-corrected chi connectivity index (χ0v) is 7.71. The van der Waals surface area contributed by atoms with Gasteiger partial charge in [0.25, 0.3) is 0 Å². The van der Waals surface area contributed by atoms with Gasteiger partial charge in [0.15, 0.2) is 0 Å². The number of nitrogen functional groups attached to an aromatic ring is 1. The Morgan fingerprint density at radius 1 is 1.31 bits per heavy atom. The number of pyridine rings is 1. The number of nitrogens with zero attached hydrogens (tertiary/aromatic N) is 1. The molecule has 0 aliphatic carbocycles. The molecule has 0 aliphatic heterocycles. The van der Waals surface area contributed by atoms with E-state index in [1.165, 1.54) is 0 Å². The highest BCUT2D eigenvalue weighted by Crippen LogP contribution is 2.19. The molecule has 2 aromatic rings. The van der Waals surface area contributed by atoms with Crippen molar-refractivity contribution in [2.75, 3.05) is 11.1 Å². The van der Waals surface area contributed by atoms with Crippen LogP contribution < -0.4 is 11.1 Å². The van der Waals surface area contributed by atoms with E-state index < -0.39 is 0 Å². The first-order valence-electron chi connectivity index (χ1n) is 3.84. The Balaban J connectivity index is 2.19. The summed E-state index contributed by atoms with van der Waals surface area (Å²) in [5.74, 6) is 0. The Morgan fingerprint density at radius 3 is 2.92 bits per heavy atom. The number of rotatable bonds is 2. The number of nitrogens with one attached hydrogen (secondary N) is 1. The molecule has 2 heterocycles. The van der Waals surface area contributed by atoms with Gasteiger partial charge >= 0.3 is 0 Å². The SMILES string of the molecule is Nc1cncc(Nc2ccsc2)c1. The summed E-state index contributed by atoms with van der Waals surface area (Å²) < 4.78 is 0. The predicted molar refractivity (Wildman–Crippen MR) is 56.3 cm³/mol. The van der Waals surface area contributed by atoms with Crippen LogP contribution in [0.3, 0.4) is 0 Å². The van der Waals surface area contributed by atoms with Crippen molar-refractivity contribution in [3.8, 4) is 0 Å². The highest BCUT2D eigenvalue weighted by molar-refractivity contribution is 7.08. The molecule has 0 fully saturated rings. The van der Waals surface area contributed by atoms with Crippen molar-refractivity contribution in [1.29, 1.82) is 0 Å². The summed E-state index contributed by atoms with van der Waals surface area (Å²) >= 11 is 1.65. The van der Waals surface area contributed by atoms with Gasteiger partial charge in [-0.2, -0.15) is 11.3 Å². The summed E-state index contributed by atoms with van der Waals surface area (Å²) in [5.41, 5.74) is 8.24. The van der Waals surface area contributed by atoms with Gasteiger partial charge in [0.2, 0.25) is 0 Å². The Kier molecular flexibility index (Phi) is 2.14. The molecule has 0 bridgehead atoms. The molecule has 3 nitrogen and oxygen atoms in total. The summed E-state index contributed by atoms with van der Waals surface area (Å²) in [6, 6.07) is 3.86. The van der Waals surface area contributed by atoms with Crippen LogP contribution in [0.25, 0.3) is 0 Å². The van der Waals surface area contributed by atoms with Crippen LogP contribution >= 0.6 is 11.3 Å². The Morgan fingerprint density at radius 2 is 2.23 bits per heavy atom. The van der Waals surface area contributed by atoms with Gasteiger partial charge in [0, 0.05) is 17.3 Å². The lowest BCUT2D eigenvalue weighted by atomic mass is 10.3. The fourth-order valence-electron chi connectivity index (χ4n) is 1.03. The van der Waals surface area contributed by atoms with E-state index in [0.29, 0.717) is 5.69 Å². The maximum Gasteiger partial charge on any atom is 0.0591 e. The summed E-state index contributed by atoms with van der Waals surface area (Å²) in [4.78, 5) is 3.98.